The van der Waals surface area contributed by atoms with E-state index in [1.165, 1.54) is 31.1 Å². The fraction of sp³-hybridized carbons (Fsp3) is 0.364. The lowest BCUT2D eigenvalue weighted by Crippen LogP contribution is -2.50. The van der Waals surface area contributed by atoms with Crippen molar-refractivity contribution < 1.29 is 22.7 Å². The number of benzene rings is 2. The summed E-state index contributed by atoms with van der Waals surface area (Å²) < 4.78 is 31.9. The number of carbonyl (C=O) groups excluding carboxylic acids is 2. The molecule has 2 rings (SSSR count). The van der Waals surface area contributed by atoms with E-state index in [-0.39, 0.29) is 17.3 Å². The molecule has 2 amide bonds. The summed E-state index contributed by atoms with van der Waals surface area (Å²) in [7, 11) is 0.523. The Morgan fingerprint density at radius 2 is 1.77 bits per heavy atom. The molecule has 0 aromatic heterocycles. The number of likely N-dealkylation sites (N-methyl/N-ethyl adjacent to an activating group) is 2. The normalized spacial score (nSPS) is 12.3. The Balaban J connectivity index is 2.27. The van der Waals surface area contributed by atoms with Gasteiger partial charge in [-0.3, -0.25) is 9.59 Å². The van der Waals surface area contributed by atoms with E-state index in [1.807, 2.05) is 13.0 Å². The topological polar surface area (TPSA) is 96.0 Å². The monoisotopic (exact) mass is 447 g/mol. The Labute approximate surface area is 183 Å². The summed E-state index contributed by atoms with van der Waals surface area (Å²) >= 11 is 0. The molecule has 2 aromatic rings. The summed E-state index contributed by atoms with van der Waals surface area (Å²) in [4.78, 5) is 26.8. The highest BCUT2D eigenvalue weighted by Gasteiger charge is 2.29. The second-order valence-electron chi connectivity index (χ2n) is 7.24. The number of hydrogen-bond acceptors (Lipinski definition) is 5. The van der Waals surface area contributed by atoms with Crippen LogP contribution in [0.3, 0.4) is 0 Å². The van der Waals surface area contributed by atoms with Gasteiger partial charge in [-0.05, 0) is 43.7 Å². The SMILES string of the molecule is CNC(=O)[C@H](C)N(Cc1cccc(OC)c1)C(=O)CN(C)S(=O)(=O)c1ccc(C)cc1. The summed E-state index contributed by atoms with van der Waals surface area (Å²) in [6.07, 6.45) is 0. The van der Waals surface area contributed by atoms with E-state index >= 15 is 0 Å². The van der Waals surface area contributed by atoms with Crippen LogP contribution < -0.4 is 10.1 Å². The van der Waals surface area contributed by atoms with E-state index in [2.05, 4.69) is 5.32 Å². The molecule has 0 aliphatic rings. The average molecular weight is 448 g/mol. The fourth-order valence-electron chi connectivity index (χ4n) is 3.02. The molecule has 0 fully saturated rings. The summed E-state index contributed by atoms with van der Waals surface area (Å²) in [6, 6.07) is 12.8. The van der Waals surface area contributed by atoms with Gasteiger partial charge in [0.15, 0.2) is 0 Å². The zero-order valence-electron chi connectivity index (χ0n) is 18.5. The highest BCUT2D eigenvalue weighted by molar-refractivity contribution is 7.89. The van der Waals surface area contributed by atoms with Crippen LogP contribution in [-0.2, 0) is 26.2 Å². The minimum atomic E-state index is -3.85. The number of ether oxygens (including phenoxy) is 1. The van der Waals surface area contributed by atoms with E-state index in [0.29, 0.717) is 5.75 Å². The van der Waals surface area contributed by atoms with Gasteiger partial charge >= 0.3 is 0 Å². The van der Waals surface area contributed by atoms with Gasteiger partial charge < -0.3 is 15.0 Å². The number of nitrogens with one attached hydrogen (secondary N) is 1. The van der Waals surface area contributed by atoms with E-state index < -0.39 is 28.5 Å². The van der Waals surface area contributed by atoms with Crippen LogP contribution in [0.5, 0.6) is 5.75 Å². The van der Waals surface area contributed by atoms with Crippen LogP contribution in [0.15, 0.2) is 53.4 Å². The average Bonchev–Trinajstić information content (AvgIpc) is 2.76. The van der Waals surface area contributed by atoms with Crippen LogP contribution in [0, 0.1) is 6.92 Å². The third-order valence-corrected chi connectivity index (χ3v) is 6.81. The lowest BCUT2D eigenvalue weighted by atomic mass is 10.1. The Kier molecular flexibility index (Phi) is 8.18. The lowest BCUT2D eigenvalue weighted by molar-refractivity contribution is -0.140. The van der Waals surface area contributed by atoms with E-state index in [4.69, 9.17) is 4.74 Å². The van der Waals surface area contributed by atoms with Crippen molar-refractivity contribution >= 4 is 21.8 Å². The van der Waals surface area contributed by atoms with Gasteiger partial charge in [0.2, 0.25) is 21.8 Å². The van der Waals surface area contributed by atoms with Gasteiger partial charge in [-0.1, -0.05) is 29.8 Å². The zero-order chi connectivity index (χ0) is 23.2. The molecule has 2 aromatic carbocycles. The molecular weight excluding hydrogens is 418 g/mol. The molecule has 0 saturated carbocycles. The first-order valence-electron chi connectivity index (χ1n) is 9.77. The van der Waals surface area contributed by atoms with Crippen molar-refractivity contribution in [1.29, 1.82) is 0 Å². The number of hydrogen-bond donors (Lipinski definition) is 1. The first-order chi connectivity index (χ1) is 14.6. The molecule has 0 heterocycles. The second-order valence-corrected chi connectivity index (χ2v) is 9.28. The van der Waals surface area contributed by atoms with Crippen molar-refractivity contribution in [3.63, 3.8) is 0 Å². The van der Waals surface area contributed by atoms with Crippen molar-refractivity contribution in [3.8, 4) is 5.75 Å². The first-order valence-corrected chi connectivity index (χ1v) is 11.2. The van der Waals surface area contributed by atoms with Gasteiger partial charge in [-0.25, -0.2) is 8.42 Å². The molecule has 0 spiro atoms. The number of nitrogens with zero attached hydrogens (tertiary/aromatic N) is 2. The van der Waals surface area contributed by atoms with Gasteiger partial charge in [-0.2, -0.15) is 4.31 Å². The van der Waals surface area contributed by atoms with Crippen molar-refractivity contribution in [3.05, 3.63) is 59.7 Å². The third-order valence-electron chi connectivity index (χ3n) is 4.99. The predicted molar refractivity (Wildman–Crippen MR) is 118 cm³/mol. The Bertz CT molecular complexity index is 1020. The Morgan fingerprint density at radius 1 is 1.13 bits per heavy atom. The molecule has 0 saturated heterocycles. The maximum Gasteiger partial charge on any atom is 0.243 e. The lowest BCUT2D eigenvalue weighted by Gasteiger charge is -2.30. The number of rotatable bonds is 9. The molecule has 0 radical (unpaired) electrons. The summed E-state index contributed by atoms with van der Waals surface area (Å²) in [5.41, 5.74) is 1.69. The van der Waals surface area contributed by atoms with Gasteiger partial charge in [-0.15, -0.1) is 0 Å². The molecule has 31 heavy (non-hydrogen) atoms. The smallest absolute Gasteiger partial charge is 0.243 e. The number of methoxy groups -OCH3 is 1. The van der Waals surface area contributed by atoms with Gasteiger partial charge in [0.25, 0.3) is 0 Å². The summed E-state index contributed by atoms with van der Waals surface area (Å²) in [5, 5.41) is 2.53. The Morgan fingerprint density at radius 3 is 2.35 bits per heavy atom. The van der Waals surface area contributed by atoms with Crippen molar-refractivity contribution in [2.45, 2.75) is 31.3 Å². The quantitative estimate of drug-likeness (QED) is 0.632. The zero-order valence-corrected chi connectivity index (χ0v) is 19.3. The maximum absolute atomic E-state index is 13.1. The van der Waals surface area contributed by atoms with E-state index in [1.54, 1.807) is 44.4 Å². The first kappa shape index (κ1) is 24.4. The van der Waals surface area contributed by atoms with Gasteiger partial charge in [0.05, 0.1) is 18.6 Å². The minimum absolute atomic E-state index is 0.104. The van der Waals surface area contributed by atoms with Crippen LogP contribution in [0.2, 0.25) is 0 Å². The predicted octanol–water partition coefficient (Wildman–Crippen LogP) is 1.79. The summed E-state index contributed by atoms with van der Waals surface area (Å²) in [6.45, 7) is 3.19. The Hall–Kier alpha value is -2.91. The van der Waals surface area contributed by atoms with Crippen molar-refractivity contribution in [2.75, 3.05) is 27.7 Å². The van der Waals surface area contributed by atoms with Crippen LogP contribution in [0.4, 0.5) is 0 Å². The molecular formula is C22H29N3O5S. The maximum atomic E-state index is 13.1. The molecule has 0 aliphatic carbocycles. The molecule has 0 bridgehead atoms. The van der Waals surface area contributed by atoms with Gasteiger partial charge in [0.1, 0.15) is 11.8 Å². The van der Waals surface area contributed by atoms with Crippen LogP contribution >= 0.6 is 0 Å². The van der Waals surface area contributed by atoms with E-state index in [9.17, 15) is 18.0 Å². The highest BCUT2D eigenvalue weighted by Crippen LogP contribution is 2.18. The fourth-order valence-corrected chi connectivity index (χ4v) is 4.14. The molecule has 168 valence electrons. The van der Waals surface area contributed by atoms with Gasteiger partial charge in [0, 0.05) is 20.6 Å². The van der Waals surface area contributed by atoms with Crippen molar-refractivity contribution in [2.24, 2.45) is 0 Å². The van der Waals surface area contributed by atoms with Crippen LogP contribution in [0.25, 0.3) is 0 Å². The molecule has 9 heteroatoms. The number of amides is 2. The minimum Gasteiger partial charge on any atom is -0.497 e. The number of carbonyl (C=O) groups is 2. The standard InChI is InChI=1S/C22H29N3O5S/c1-16-9-11-20(12-10-16)31(28,29)24(4)15-21(26)25(17(2)22(27)23-3)14-18-7-6-8-19(13-18)30-5/h6-13,17H,14-15H2,1-5H3,(H,23,27)/t17-/m0/s1. The molecule has 0 unspecified atom stereocenters. The molecule has 0 aliphatic heterocycles. The third kappa shape index (κ3) is 6.05. The van der Waals surface area contributed by atoms with E-state index in [0.717, 1.165) is 15.4 Å². The summed E-state index contributed by atoms with van der Waals surface area (Å²) in [5.74, 6) is -0.214. The highest BCUT2D eigenvalue weighted by atomic mass is 32.2. The van der Waals surface area contributed by atoms with Crippen LogP contribution in [0.1, 0.15) is 18.1 Å². The molecule has 8 nitrogen and oxygen atoms in total. The second kappa shape index (κ2) is 10.4. The number of aryl methyl sites for hydroxylation is 1. The van der Waals surface area contributed by atoms with Crippen LogP contribution in [-0.4, -0.2) is 63.2 Å². The van der Waals surface area contributed by atoms with Crippen molar-refractivity contribution in [1.82, 2.24) is 14.5 Å². The largest absolute Gasteiger partial charge is 0.497 e. The molecule has 1 atom stereocenters. The molecule has 1 N–H and O–H groups in total. The number of sulfonamides is 1.